The van der Waals surface area contributed by atoms with E-state index in [1.807, 2.05) is 0 Å². The number of amides is 4. The predicted molar refractivity (Wildman–Crippen MR) is 94.3 cm³/mol. The number of sulfone groups is 1. The molecule has 152 valence electrons. The van der Waals surface area contributed by atoms with Crippen LogP contribution in [0.4, 0.5) is 19.3 Å². The summed E-state index contributed by atoms with van der Waals surface area (Å²) in [6.07, 6.45) is 2.47. The van der Waals surface area contributed by atoms with Gasteiger partial charge in [-0.2, -0.15) is 8.78 Å². The fraction of sp³-hybridized carbons (Fsp3) is 0.471. The van der Waals surface area contributed by atoms with Crippen LogP contribution in [0.5, 0.6) is 0 Å². The second-order valence-corrected chi connectivity index (χ2v) is 8.66. The third kappa shape index (κ3) is 3.58. The number of anilines is 1. The van der Waals surface area contributed by atoms with E-state index in [-0.39, 0.29) is 24.6 Å². The second-order valence-electron chi connectivity index (χ2n) is 6.78. The van der Waals surface area contributed by atoms with Crippen molar-refractivity contribution >= 4 is 33.4 Å². The molecular weight excluding hydrogens is 396 g/mol. The predicted octanol–water partition coefficient (Wildman–Crippen LogP) is 1.88. The van der Waals surface area contributed by atoms with Gasteiger partial charge in [-0.3, -0.25) is 14.5 Å². The zero-order valence-corrected chi connectivity index (χ0v) is 15.6. The van der Waals surface area contributed by atoms with Gasteiger partial charge in [-0.15, -0.1) is 0 Å². The van der Waals surface area contributed by atoms with Crippen molar-refractivity contribution in [2.75, 3.05) is 11.9 Å². The van der Waals surface area contributed by atoms with Crippen LogP contribution >= 0.6 is 0 Å². The zero-order valence-electron chi connectivity index (χ0n) is 14.8. The van der Waals surface area contributed by atoms with Gasteiger partial charge in [-0.1, -0.05) is 25.0 Å². The highest BCUT2D eigenvalue weighted by Gasteiger charge is 2.52. The van der Waals surface area contributed by atoms with Gasteiger partial charge in [0.15, 0.2) is 0 Å². The van der Waals surface area contributed by atoms with Crippen LogP contribution in [-0.2, 0) is 19.4 Å². The van der Waals surface area contributed by atoms with Crippen molar-refractivity contribution < 1.29 is 31.6 Å². The van der Waals surface area contributed by atoms with Crippen LogP contribution in [0.25, 0.3) is 0 Å². The number of hydrogen-bond acceptors (Lipinski definition) is 5. The first kappa shape index (κ1) is 20.2. The number of nitrogens with one attached hydrogen (secondary N) is 2. The van der Waals surface area contributed by atoms with Crippen LogP contribution in [0.3, 0.4) is 0 Å². The van der Waals surface area contributed by atoms with Crippen LogP contribution in [0.1, 0.15) is 32.1 Å². The SMILES string of the molecule is O=C(CCN1C(=O)NC2(CCCC2)C1=O)Nc1ccccc1S(=O)(=O)C(F)F. The van der Waals surface area contributed by atoms with Crippen molar-refractivity contribution in [3.8, 4) is 0 Å². The highest BCUT2D eigenvalue weighted by Crippen LogP contribution is 2.35. The summed E-state index contributed by atoms with van der Waals surface area (Å²) in [5.41, 5.74) is -1.16. The molecule has 8 nitrogen and oxygen atoms in total. The number of imide groups is 1. The summed E-state index contributed by atoms with van der Waals surface area (Å²) < 4.78 is 49.1. The number of rotatable bonds is 6. The fourth-order valence-electron chi connectivity index (χ4n) is 3.54. The van der Waals surface area contributed by atoms with Gasteiger partial charge in [0.05, 0.1) is 10.6 Å². The molecule has 2 aliphatic rings. The van der Waals surface area contributed by atoms with Crippen molar-refractivity contribution in [1.29, 1.82) is 0 Å². The summed E-state index contributed by atoms with van der Waals surface area (Å²) in [6.45, 7) is -0.192. The summed E-state index contributed by atoms with van der Waals surface area (Å²) in [5, 5.41) is 4.95. The number of urea groups is 1. The number of halogens is 2. The molecule has 1 saturated heterocycles. The lowest BCUT2D eigenvalue weighted by atomic mass is 9.98. The van der Waals surface area contributed by atoms with E-state index in [1.54, 1.807) is 0 Å². The second kappa shape index (κ2) is 7.46. The Morgan fingerprint density at radius 2 is 1.86 bits per heavy atom. The standard InChI is InChI=1S/C17H19F2N3O5S/c18-15(19)28(26,27)12-6-2-1-5-11(12)20-13(23)7-10-22-14(24)17(21-16(22)25)8-3-4-9-17/h1-2,5-6,15H,3-4,7-10H2,(H,20,23)(H,21,25). The van der Waals surface area contributed by atoms with E-state index in [0.29, 0.717) is 12.8 Å². The number of alkyl halides is 2. The largest absolute Gasteiger partial charge is 0.341 e. The van der Waals surface area contributed by atoms with Crippen molar-refractivity contribution in [1.82, 2.24) is 10.2 Å². The highest BCUT2D eigenvalue weighted by molar-refractivity contribution is 7.91. The Labute approximate surface area is 160 Å². The third-order valence-corrected chi connectivity index (χ3v) is 6.41. The Morgan fingerprint density at radius 1 is 1.21 bits per heavy atom. The first-order chi connectivity index (χ1) is 13.2. The monoisotopic (exact) mass is 415 g/mol. The van der Waals surface area contributed by atoms with Crippen LogP contribution in [0.15, 0.2) is 29.2 Å². The lowest BCUT2D eigenvalue weighted by Crippen LogP contribution is -2.44. The normalized spacial score (nSPS) is 18.8. The number of para-hydroxylation sites is 1. The van der Waals surface area contributed by atoms with E-state index < -0.39 is 38.0 Å². The van der Waals surface area contributed by atoms with Gasteiger partial charge in [0, 0.05) is 13.0 Å². The molecule has 0 unspecified atom stereocenters. The molecule has 0 radical (unpaired) electrons. The summed E-state index contributed by atoms with van der Waals surface area (Å²) >= 11 is 0. The Kier molecular flexibility index (Phi) is 5.37. The minimum atomic E-state index is -4.89. The van der Waals surface area contributed by atoms with E-state index in [9.17, 15) is 31.6 Å². The lowest BCUT2D eigenvalue weighted by Gasteiger charge is -2.20. The van der Waals surface area contributed by atoms with Crippen LogP contribution in [-0.4, -0.2) is 49.0 Å². The van der Waals surface area contributed by atoms with E-state index >= 15 is 0 Å². The summed E-state index contributed by atoms with van der Waals surface area (Å²) in [5.74, 6) is -4.70. The summed E-state index contributed by atoms with van der Waals surface area (Å²) in [6, 6.07) is 4.24. The molecule has 2 fully saturated rings. The maximum atomic E-state index is 12.8. The summed E-state index contributed by atoms with van der Waals surface area (Å²) in [4.78, 5) is 37.0. The van der Waals surface area contributed by atoms with Crippen molar-refractivity contribution in [3.63, 3.8) is 0 Å². The molecule has 1 heterocycles. The maximum Gasteiger partial charge on any atom is 0.341 e. The van der Waals surface area contributed by atoms with E-state index in [2.05, 4.69) is 10.6 Å². The van der Waals surface area contributed by atoms with Gasteiger partial charge in [0.1, 0.15) is 5.54 Å². The Hall–Kier alpha value is -2.56. The molecule has 28 heavy (non-hydrogen) atoms. The van der Waals surface area contributed by atoms with Gasteiger partial charge in [-0.25, -0.2) is 13.2 Å². The van der Waals surface area contributed by atoms with Crippen LogP contribution < -0.4 is 10.6 Å². The third-order valence-electron chi connectivity index (χ3n) is 4.97. The van der Waals surface area contributed by atoms with E-state index in [0.717, 1.165) is 23.8 Å². The minimum absolute atomic E-state index is 0.192. The lowest BCUT2D eigenvalue weighted by molar-refractivity contribution is -0.131. The van der Waals surface area contributed by atoms with Gasteiger partial charge < -0.3 is 10.6 Å². The molecule has 1 aliphatic heterocycles. The maximum absolute atomic E-state index is 12.8. The molecule has 1 aromatic rings. The summed E-state index contributed by atoms with van der Waals surface area (Å²) in [7, 11) is -4.89. The van der Waals surface area contributed by atoms with Gasteiger partial charge in [-0.05, 0) is 25.0 Å². The first-order valence-corrected chi connectivity index (χ1v) is 10.3. The molecule has 0 atom stereocenters. The molecule has 4 amide bonds. The number of nitrogens with zero attached hydrogens (tertiary/aromatic N) is 1. The van der Waals surface area contributed by atoms with Crippen molar-refractivity contribution in [2.45, 2.75) is 48.3 Å². The molecule has 1 saturated carbocycles. The van der Waals surface area contributed by atoms with E-state index in [1.165, 1.54) is 18.2 Å². The number of carbonyl (C=O) groups is 3. The fourth-order valence-corrected chi connectivity index (χ4v) is 4.42. The number of benzene rings is 1. The average Bonchev–Trinajstić information content (AvgIpc) is 3.19. The van der Waals surface area contributed by atoms with Crippen molar-refractivity contribution in [3.05, 3.63) is 24.3 Å². The molecule has 0 bridgehead atoms. The smallest absolute Gasteiger partial charge is 0.325 e. The number of carbonyl (C=O) groups excluding carboxylic acids is 3. The molecule has 2 N–H and O–H groups in total. The first-order valence-electron chi connectivity index (χ1n) is 8.72. The van der Waals surface area contributed by atoms with Gasteiger partial charge in [0.25, 0.3) is 5.91 Å². The quantitative estimate of drug-likeness (QED) is 0.689. The molecule has 0 aromatic heterocycles. The molecular formula is C17H19F2N3O5S. The Balaban J connectivity index is 1.66. The molecule has 11 heteroatoms. The highest BCUT2D eigenvalue weighted by atomic mass is 32.2. The van der Waals surface area contributed by atoms with Gasteiger partial charge >= 0.3 is 11.8 Å². The van der Waals surface area contributed by atoms with Gasteiger partial charge in [0.2, 0.25) is 15.7 Å². The molecule has 1 spiro atoms. The van der Waals surface area contributed by atoms with Crippen LogP contribution in [0.2, 0.25) is 0 Å². The molecule has 1 aliphatic carbocycles. The van der Waals surface area contributed by atoms with E-state index in [4.69, 9.17) is 0 Å². The topological polar surface area (TPSA) is 113 Å². The zero-order chi connectivity index (χ0) is 20.5. The van der Waals surface area contributed by atoms with Crippen LogP contribution in [0, 0.1) is 0 Å². The number of hydrogen-bond donors (Lipinski definition) is 2. The van der Waals surface area contributed by atoms with Crippen molar-refractivity contribution in [2.24, 2.45) is 0 Å². The Bertz CT molecular complexity index is 913. The Morgan fingerprint density at radius 3 is 2.50 bits per heavy atom. The average molecular weight is 415 g/mol. The molecule has 3 rings (SSSR count). The molecule has 1 aromatic carbocycles. The minimum Gasteiger partial charge on any atom is -0.325 e.